The fourth-order valence-electron chi connectivity index (χ4n) is 4.07. The van der Waals surface area contributed by atoms with E-state index in [1.165, 1.54) is 0 Å². The first-order valence-corrected chi connectivity index (χ1v) is 11.6. The Morgan fingerprint density at radius 3 is 2.35 bits per heavy atom. The number of halogens is 1. The fraction of sp³-hybridized carbons (Fsp3) is 0.375. The van der Waals surface area contributed by atoms with Gasteiger partial charge in [0.05, 0.1) is 6.54 Å². The maximum atomic E-state index is 12.9. The minimum Gasteiger partial charge on any atom is -0.492 e. The number of hydrogen-bond acceptors (Lipinski definition) is 6. The van der Waals surface area contributed by atoms with Crippen molar-refractivity contribution < 1.29 is 19.1 Å². The number of carbonyl (C=O) groups excluding carboxylic acids is 3. The fourth-order valence-corrected chi connectivity index (χ4v) is 4.19. The molecule has 2 aromatic rings. The zero-order valence-corrected chi connectivity index (χ0v) is 19.8. The molecule has 2 aromatic carbocycles. The molecule has 0 bridgehead atoms. The maximum Gasteiger partial charge on any atom is 0.344 e. The molecule has 34 heavy (non-hydrogen) atoms. The molecule has 180 valence electrons. The molecule has 9 nitrogen and oxygen atoms in total. The number of urea groups is 1. The van der Waals surface area contributed by atoms with Crippen molar-refractivity contribution in [3.05, 3.63) is 65.2 Å². The smallest absolute Gasteiger partial charge is 0.344 e. The number of benzene rings is 2. The molecule has 1 unspecified atom stereocenters. The minimum absolute atomic E-state index is 0.105. The number of piperazine rings is 1. The molecule has 1 atom stereocenters. The molecule has 4 amide bonds. The first-order valence-electron chi connectivity index (χ1n) is 11.2. The largest absolute Gasteiger partial charge is 0.492 e. The van der Waals surface area contributed by atoms with Gasteiger partial charge in [-0.15, -0.1) is 0 Å². The van der Waals surface area contributed by atoms with Crippen molar-refractivity contribution in [2.75, 3.05) is 45.9 Å². The number of amides is 4. The highest BCUT2D eigenvalue weighted by Gasteiger charge is 2.50. The van der Waals surface area contributed by atoms with Gasteiger partial charge in [0.1, 0.15) is 17.9 Å². The lowest BCUT2D eigenvalue weighted by molar-refractivity contribution is -0.139. The van der Waals surface area contributed by atoms with Gasteiger partial charge in [0.25, 0.3) is 11.8 Å². The predicted octanol–water partition coefficient (Wildman–Crippen LogP) is 1.83. The zero-order chi connectivity index (χ0) is 24.1. The van der Waals surface area contributed by atoms with E-state index in [1.807, 2.05) is 23.1 Å². The van der Waals surface area contributed by atoms with Crippen molar-refractivity contribution >= 4 is 29.4 Å². The molecule has 0 spiro atoms. The third-order valence-corrected chi connectivity index (χ3v) is 6.35. The van der Waals surface area contributed by atoms with Gasteiger partial charge >= 0.3 is 6.03 Å². The Kier molecular flexibility index (Phi) is 7.35. The molecular weight excluding hydrogens is 458 g/mol. The molecule has 0 aliphatic carbocycles. The van der Waals surface area contributed by atoms with Gasteiger partial charge in [-0.2, -0.15) is 5.01 Å². The number of rotatable bonds is 8. The van der Waals surface area contributed by atoms with Crippen LogP contribution in [0.25, 0.3) is 0 Å². The first-order chi connectivity index (χ1) is 16.3. The summed E-state index contributed by atoms with van der Waals surface area (Å²) in [5.74, 6) is -0.133. The number of hydrazine groups is 1. The van der Waals surface area contributed by atoms with E-state index in [9.17, 15) is 14.4 Å². The summed E-state index contributed by atoms with van der Waals surface area (Å²) in [5.41, 5.74) is 1.90. The highest BCUT2D eigenvalue weighted by Crippen LogP contribution is 2.27. The molecule has 2 N–H and O–H groups in total. The number of nitrogens with one attached hydrogen (secondary N) is 2. The third-order valence-electron chi connectivity index (χ3n) is 6.10. The van der Waals surface area contributed by atoms with Gasteiger partial charge in [0, 0.05) is 37.7 Å². The maximum absolute atomic E-state index is 12.9. The predicted molar refractivity (Wildman–Crippen MR) is 127 cm³/mol. The highest BCUT2D eigenvalue weighted by molar-refractivity contribution is 6.30. The van der Waals surface area contributed by atoms with E-state index < -0.39 is 23.4 Å². The molecule has 2 saturated heterocycles. The van der Waals surface area contributed by atoms with Crippen LogP contribution in [0.2, 0.25) is 5.02 Å². The minimum atomic E-state index is -1.22. The molecule has 2 heterocycles. The van der Waals surface area contributed by atoms with Crippen LogP contribution < -0.4 is 15.5 Å². The van der Waals surface area contributed by atoms with Crippen LogP contribution in [0.15, 0.2) is 54.6 Å². The van der Waals surface area contributed by atoms with E-state index in [-0.39, 0.29) is 6.54 Å². The zero-order valence-electron chi connectivity index (χ0n) is 19.0. The van der Waals surface area contributed by atoms with Crippen molar-refractivity contribution in [1.82, 2.24) is 25.6 Å². The molecule has 10 heteroatoms. The van der Waals surface area contributed by atoms with Gasteiger partial charge < -0.3 is 10.1 Å². The summed E-state index contributed by atoms with van der Waals surface area (Å²) in [5, 5.41) is 4.13. The van der Waals surface area contributed by atoms with Crippen LogP contribution in [-0.2, 0) is 15.1 Å². The van der Waals surface area contributed by atoms with Crippen molar-refractivity contribution in [2.24, 2.45) is 0 Å². The topological polar surface area (TPSA) is 94.2 Å². The molecule has 0 aromatic heterocycles. The molecule has 4 rings (SSSR count). The summed E-state index contributed by atoms with van der Waals surface area (Å²) in [4.78, 5) is 42.2. The summed E-state index contributed by atoms with van der Waals surface area (Å²) in [6.07, 6.45) is 0. The Balaban J connectivity index is 1.20. The summed E-state index contributed by atoms with van der Waals surface area (Å²) in [7, 11) is 0. The Morgan fingerprint density at radius 2 is 1.68 bits per heavy atom. The summed E-state index contributed by atoms with van der Waals surface area (Å²) >= 11 is 5.88. The summed E-state index contributed by atoms with van der Waals surface area (Å²) < 4.78 is 5.75. The molecular formula is C24H28ClN5O4. The van der Waals surface area contributed by atoms with Crippen LogP contribution >= 0.6 is 11.6 Å². The monoisotopic (exact) mass is 485 g/mol. The lowest BCUT2D eigenvalue weighted by Crippen LogP contribution is -2.54. The van der Waals surface area contributed by atoms with Crippen molar-refractivity contribution in [3.8, 4) is 5.75 Å². The van der Waals surface area contributed by atoms with Gasteiger partial charge in [0.15, 0.2) is 0 Å². The number of carbonyl (C=O) groups is 3. The van der Waals surface area contributed by atoms with Crippen LogP contribution in [0.1, 0.15) is 12.5 Å². The van der Waals surface area contributed by atoms with E-state index in [2.05, 4.69) is 15.6 Å². The Bertz CT molecular complexity index is 1030. The number of hydrogen-bond donors (Lipinski definition) is 2. The second-order valence-corrected chi connectivity index (χ2v) is 8.95. The molecule has 2 aliphatic heterocycles. The van der Waals surface area contributed by atoms with Crippen LogP contribution in [0.4, 0.5) is 4.79 Å². The van der Waals surface area contributed by atoms with Crippen molar-refractivity contribution in [3.63, 3.8) is 0 Å². The third kappa shape index (κ3) is 5.49. The second kappa shape index (κ2) is 10.4. The average Bonchev–Trinajstić information content (AvgIpc) is 3.06. The van der Waals surface area contributed by atoms with Gasteiger partial charge in [-0.1, -0.05) is 41.9 Å². The van der Waals surface area contributed by atoms with Gasteiger partial charge in [-0.25, -0.2) is 4.79 Å². The Morgan fingerprint density at radius 1 is 1.03 bits per heavy atom. The standard InChI is InChI=1S/C24H28ClN5O4/c1-24(18-5-3-2-4-6-18)22(32)30(23(33)26-24)27-21(31)17-29-13-11-28(12-14-29)15-16-34-20-9-7-19(25)8-10-20/h2-10H,11-17H2,1H3,(H,26,33)(H,27,31). The normalized spacial score (nSPS) is 21.4. The highest BCUT2D eigenvalue weighted by atomic mass is 35.5. The van der Waals surface area contributed by atoms with E-state index in [4.69, 9.17) is 16.3 Å². The van der Waals surface area contributed by atoms with Crippen LogP contribution in [-0.4, -0.2) is 78.5 Å². The molecule has 0 radical (unpaired) electrons. The number of imide groups is 1. The van der Waals surface area contributed by atoms with E-state index in [0.29, 0.717) is 30.3 Å². The Labute approximate surface area is 203 Å². The lowest BCUT2D eigenvalue weighted by Gasteiger charge is -2.34. The van der Waals surface area contributed by atoms with Gasteiger partial charge in [-0.05, 0) is 36.8 Å². The first kappa shape index (κ1) is 24.0. The molecule has 0 saturated carbocycles. The molecule has 2 aliphatic rings. The SMILES string of the molecule is CC1(c2ccccc2)NC(=O)N(NC(=O)CN2CCN(CCOc3ccc(Cl)cc3)CC2)C1=O. The summed E-state index contributed by atoms with van der Waals surface area (Å²) in [6, 6.07) is 15.6. The number of ether oxygens (including phenoxy) is 1. The van der Waals surface area contributed by atoms with Gasteiger partial charge in [-0.3, -0.25) is 24.8 Å². The average molecular weight is 486 g/mol. The summed E-state index contributed by atoms with van der Waals surface area (Å²) in [6.45, 7) is 6.09. The Hall–Kier alpha value is -3.14. The van der Waals surface area contributed by atoms with Crippen LogP contribution in [0.3, 0.4) is 0 Å². The van der Waals surface area contributed by atoms with Gasteiger partial charge in [0.2, 0.25) is 0 Å². The quantitative estimate of drug-likeness (QED) is 0.554. The van der Waals surface area contributed by atoms with E-state index >= 15 is 0 Å². The second-order valence-electron chi connectivity index (χ2n) is 8.52. The van der Waals surface area contributed by atoms with E-state index in [0.717, 1.165) is 30.4 Å². The van der Waals surface area contributed by atoms with Crippen molar-refractivity contribution in [1.29, 1.82) is 0 Å². The van der Waals surface area contributed by atoms with Crippen LogP contribution in [0.5, 0.6) is 5.75 Å². The lowest BCUT2D eigenvalue weighted by atomic mass is 9.92. The van der Waals surface area contributed by atoms with E-state index in [1.54, 1.807) is 43.3 Å². The molecule has 2 fully saturated rings. The van der Waals surface area contributed by atoms with Crippen molar-refractivity contribution in [2.45, 2.75) is 12.5 Å². The van der Waals surface area contributed by atoms with Crippen LogP contribution in [0, 0.1) is 0 Å². The number of nitrogens with zero attached hydrogens (tertiary/aromatic N) is 3.